The van der Waals surface area contributed by atoms with Gasteiger partial charge in [0, 0.05) is 18.7 Å². The third-order valence-electron chi connectivity index (χ3n) is 6.09. The van der Waals surface area contributed by atoms with Crippen LogP contribution in [0, 0.1) is 11.6 Å². The highest BCUT2D eigenvalue weighted by Gasteiger charge is 2.51. The molecule has 31 heavy (non-hydrogen) atoms. The molecule has 2 aliphatic rings. The van der Waals surface area contributed by atoms with E-state index in [1.54, 1.807) is 0 Å². The first-order valence-corrected chi connectivity index (χ1v) is 12.4. The van der Waals surface area contributed by atoms with Crippen molar-refractivity contribution in [2.75, 3.05) is 24.2 Å². The lowest BCUT2D eigenvalue weighted by molar-refractivity contribution is -0.133. The molecule has 1 aromatic carbocycles. The van der Waals surface area contributed by atoms with Gasteiger partial charge < -0.3 is 5.32 Å². The van der Waals surface area contributed by atoms with E-state index < -0.39 is 45.6 Å². The minimum atomic E-state index is -3.78. The van der Waals surface area contributed by atoms with Gasteiger partial charge in [0.2, 0.25) is 21.8 Å². The molecule has 3 rings (SSSR count). The average molecular weight is 458 g/mol. The van der Waals surface area contributed by atoms with Crippen molar-refractivity contribution in [1.82, 2.24) is 9.62 Å². The van der Waals surface area contributed by atoms with Gasteiger partial charge in [-0.25, -0.2) is 17.2 Å². The number of nitrogens with one attached hydrogen (secondary N) is 1. The fourth-order valence-corrected chi connectivity index (χ4v) is 5.21. The number of carbonyl (C=O) groups is 2. The van der Waals surface area contributed by atoms with Gasteiger partial charge in [0.15, 0.2) is 0 Å². The zero-order chi connectivity index (χ0) is 22.8. The normalized spacial score (nSPS) is 24.5. The molecule has 1 N–H and O–H groups in total. The first-order chi connectivity index (χ1) is 14.5. The molecule has 1 saturated carbocycles. The van der Waals surface area contributed by atoms with Crippen LogP contribution in [0.25, 0.3) is 0 Å². The van der Waals surface area contributed by atoms with Crippen molar-refractivity contribution in [1.29, 1.82) is 0 Å². The van der Waals surface area contributed by atoms with E-state index in [0.29, 0.717) is 6.07 Å². The molecule has 0 unspecified atom stereocenters. The Kier molecular flexibility index (Phi) is 7.00. The Labute approximate surface area is 181 Å². The number of carbonyl (C=O) groups excluding carboxylic acids is 2. The van der Waals surface area contributed by atoms with E-state index in [-0.39, 0.29) is 18.3 Å². The average Bonchev–Trinajstić information content (AvgIpc) is 2.64. The SMILES string of the molecule is C[C@]1(C(=O)NC2CCCCCCC2)CN(S(C)(=O)=O)CC(=O)N1c1ccc(F)cc1F. The largest absolute Gasteiger partial charge is 0.351 e. The van der Waals surface area contributed by atoms with Crippen LogP contribution in [0.3, 0.4) is 0 Å². The van der Waals surface area contributed by atoms with Crippen molar-refractivity contribution in [2.24, 2.45) is 0 Å². The fourth-order valence-electron chi connectivity index (χ4n) is 4.38. The van der Waals surface area contributed by atoms with Gasteiger partial charge >= 0.3 is 0 Å². The molecule has 1 atom stereocenters. The minimum absolute atomic E-state index is 0.103. The Bertz CT molecular complexity index is 948. The number of rotatable bonds is 4. The molecule has 1 aromatic rings. The molecule has 1 aliphatic carbocycles. The molecule has 10 heteroatoms. The quantitative estimate of drug-likeness (QED) is 0.753. The second-order valence-electron chi connectivity index (χ2n) is 8.65. The van der Waals surface area contributed by atoms with Gasteiger partial charge in [-0.1, -0.05) is 32.1 Å². The van der Waals surface area contributed by atoms with Crippen LogP contribution < -0.4 is 10.2 Å². The highest BCUT2D eigenvalue weighted by molar-refractivity contribution is 7.88. The molecule has 2 fully saturated rings. The lowest BCUT2D eigenvalue weighted by Crippen LogP contribution is -2.70. The van der Waals surface area contributed by atoms with Crippen LogP contribution in [-0.2, 0) is 19.6 Å². The van der Waals surface area contributed by atoms with Gasteiger partial charge in [-0.3, -0.25) is 14.5 Å². The van der Waals surface area contributed by atoms with Gasteiger partial charge in [0.25, 0.3) is 0 Å². The monoisotopic (exact) mass is 457 g/mol. The van der Waals surface area contributed by atoms with E-state index in [1.807, 2.05) is 0 Å². The Morgan fingerprint density at radius 3 is 2.32 bits per heavy atom. The summed E-state index contributed by atoms with van der Waals surface area (Å²) in [5.74, 6) is -3.11. The molecule has 1 saturated heterocycles. The van der Waals surface area contributed by atoms with Crippen LogP contribution in [0.15, 0.2) is 18.2 Å². The number of nitrogens with zero attached hydrogens (tertiary/aromatic N) is 2. The van der Waals surface area contributed by atoms with Crippen LogP contribution >= 0.6 is 0 Å². The topological polar surface area (TPSA) is 86.8 Å². The summed E-state index contributed by atoms with van der Waals surface area (Å²) in [7, 11) is -3.78. The van der Waals surface area contributed by atoms with Gasteiger partial charge in [0.1, 0.15) is 17.2 Å². The number of amides is 2. The third kappa shape index (κ3) is 5.23. The van der Waals surface area contributed by atoms with Crippen molar-refractivity contribution in [3.8, 4) is 0 Å². The van der Waals surface area contributed by atoms with Gasteiger partial charge in [-0.2, -0.15) is 4.31 Å². The van der Waals surface area contributed by atoms with Crippen molar-refractivity contribution in [2.45, 2.75) is 63.5 Å². The molecule has 0 bridgehead atoms. The summed E-state index contributed by atoms with van der Waals surface area (Å²) in [4.78, 5) is 27.4. The van der Waals surface area contributed by atoms with Gasteiger partial charge in [-0.05, 0) is 31.9 Å². The van der Waals surface area contributed by atoms with E-state index in [0.717, 1.165) is 72.5 Å². The molecular weight excluding hydrogens is 428 g/mol. The molecule has 1 aliphatic heterocycles. The van der Waals surface area contributed by atoms with E-state index in [4.69, 9.17) is 0 Å². The van der Waals surface area contributed by atoms with Crippen LogP contribution in [0.1, 0.15) is 51.9 Å². The number of benzene rings is 1. The maximum Gasteiger partial charge on any atom is 0.247 e. The highest BCUT2D eigenvalue weighted by atomic mass is 32.2. The molecular formula is C21H29F2N3O4S. The first-order valence-electron chi connectivity index (χ1n) is 10.6. The second-order valence-corrected chi connectivity index (χ2v) is 10.6. The summed E-state index contributed by atoms with van der Waals surface area (Å²) in [6.07, 6.45) is 7.79. The van der Waals surface area contributed by atoms with E-state index in [9.17, 15) is 26.8 Å². The number of hydrogen-bond donors (Lipinski definition) is 1. The number of halogens is 2. The third-order valence-corrected chi connectivity index (χ3v) is 7.28. The Morgan fingerprint density at radius 1 is 1.13 bits per heavy atom. The molecule has 0 spiro atoms. The molecule has 7 nitrogen and oxygen atoms in total. The Morgan fingerprint density at radius 2 is 1.74 bits per heavy atom. The Hall–Kier alpha value is -2.07. The van der Waals surface area contributed by atoms with E-state index >= 15 is 0 Å². The number of piperazine rings is 1. The molecule has 2 amide bonds. The predicted molar refractivity (Wildman–Crippen MR) is 113 cm³/mol. The van der Waals surface area contributed by atoms with Crippen molar-refractivity contribution in [3.05, 3.63) is 29.8 Å². The summed E-state index contributed by atoms with van der Waals surface area (Å²) in [5, 5.41) is 2.97. The van der Waals surface area contributed by atoms with Crippen LogP contribution in [0.5, 0.6) is 0 Å². The maximum absolute atomic E-state index is 14.6. The number of anilines is 1. The number of hydrogen-bond acceptors (Lipinski definition) is 4. The minimum Gasteiger partial charge on any atom is -0.351 e. The van der Waals surface area contributed by atoms with Gasteiger partial charge in [0.05, 0.1) is 18.5 Å². The zero-order valence-corrected chi connectivity index (χ0v) is 18.7. The second kappa shape index (κ2) is 9.20. The van der Waals surface area contributed by atoms with Gasteiger partial charge in [-0.15, -0.1) is 0 Å². The summed E-state index contributed by atoms with van der Waals surface area (Å²) in [6.45, 7) is 0.568. The molecule has 0 aromatic heterocycles. The lowest BCUT2D eigenvalue weighted by atomic mass is 9.92. The molecule has 1 heterocycles. The first kappa shape index (κ1) is 23.6. The smallest absolute Gasteiger partial charge is 0.247 e. The summed E-state index contributed by atoms with van der Waals surface area (Å²) in [6, 6.07) is 2.63. The van der Waals surface area contributed by atoms with Crippen molar-refractivity contribution >= 4 is 27.5 Å². The van der Waals surface area contributed by atoms with E-state index in [2.05, 4.69) is 5.32 Å². The maximum atomic E-state index is 14.6. The molecule has 172 valence electrons. The standard InChI is InChI=1S/C21H29F2N3O4S/c1-21(20(28)24-16-8-6-4-3-5-7-9-16)14-25(31(2,29)30)13-19(27)26(21)18-11-10-15(22)12-17(18)23/h10-12,16H,3-9,13-14H2,1-2H3,(H,24,28)/t21-/m1/s1. The van der Waals surface area contributed by atoms with Crippen LogP contribution in [0.2, 0.25) is 0 Å². The predicted octanol–water partition coefficient (Wildman–Crippen LogP) is 2.56. The van der Waals surface area contributed by atoms with Crippen LogP contribution in [0.4, 0.5) is 14.5 Å². The lowest BCUT2D eigenvalue weighted by Gasteiger charge is -2.47. The summed E-state index contributed by atoms with van der Waals surface area (Å²) in [5.41, 5.74) is -1.95. The van der Waals surface area contributed by atoms with E-state index in [1.165, 1.54) is 6.92 Å². The highest BCUT2D eigenvalue weighted by Crippen LogP contribution is 2.33. The summed E-state index contributed by atoms with van der Waals surface area (Å²) >= 11 is 0. The Balaban J connectivity index is 1.97. The summed E-state index contributed by atoms with van der Waals surface area (Å²) < 4.78 is 53.3. The van der Waals surface area contributed by atoms with Crippen molar-refractivity contribution < 1.29 is 26.8 Å². The number of sulfonamides is 1. The van der Waals surface area contributed by atoms with Crippen molar-refractivity contribution in [3.63, 3.8) is 0 Å². The zero-order valence-electron chi connectivity index (χ0n) is 17.9. The molecule has 0 radical (unpaired) electrons. The fraction of sp³-hybridized carbons (Fsp3) is 0.619. The van der Waals surface area contributed by atoms with Crippen LogP contribution in [-0.4, -0.2) is 55.5 Å².